The maximum absolute atomic E-state index is 14.1. The average Bonchev–Trinajstić information content (AvgIpc) is 2.82. The number of nitrogens with one attached hydrogen (secondary N) is 3. The zero-order chi connectivity index (χ0) is 26.3. The summed E-state index contributed by atoms with van der Waals surface area (Å²) in [4.78, 5) is 23.8. The van der Waals surface area contributed by atoms with Gasteiger partial charge in [-0.15, -0.1) is 0 Å². The zero-order valence-electron chi connectivity index (χ0n) is 19.9. The Hall–Kier alpha value is -4.12. The molecule has 190 valence electrons. The van der Waals surface area contributed by atoms with Gasteiger partial charge < -0.3 is 20.1 Å². The second-order valence-electron chi connectivity index (χ2n) is 7.46. The quantitative estimate of drug-likeness (QED) is 0.362. The van der Waals surface area contributed by atoms with Crippen molar-refractivity contribution in [3.8, 4) is 11.5 Å². The number of benzene rings is 3. The standard InChI is InChI=1S/C25H26FN3O6S/c1-4-34-23-15-22(29-36(32,33)18-12-10-17(11-13-18)27-16(3)30)24(35-5-2)14-21(23)28-25(31)19-8-6-7-9-20(19)26/h6-15,29H,4-5H2,1-3H3,(H,27,30)(H,28,31). The van der Waals surface area contributed by atoms with Crippen LogP contribution in [0.2, 0.25) is 0 Å². The van der Waals surface area contributed by atoms with E-state index in [0.29, 0.717) is 5.69 Å². The van der Waals surface area contributed by atoms with E-state index in [0.717, 1.165) is 0 Å². The lowest BCUT2D eigenvalue weighted by Crippen LogP contribution is -2.17. The third-order valence-electron chi connectivity index (χ3n) is 4.78. The molecule has 3 N–H and O–H groups in total. The average molecular weight is 516 g/mol. The van der Waals surface area contributed by atoms with Gasteiger partial charge in [0.1, 0.15) is 17.3 Å². The Kier molecular flexibility index (Phi) is 8.49. The number of hydrogen-bond acceptors (Lipinski definition) is 6. The third-order valence-corrected chi connectivity index (χ3v) is 6.16. The number of halogens is 1. The van der Waals surface area contributed by atoms with E-state index in [1.807, 2.05) is 0 Å². The molecule has 0 saturated heterocycles. The highest BCUT2D eigenvalue weighted by Crippen LogP contribution is 2.38. The van der Waals surface area contributed by atoms with Gasteiger partial charge in [-0.1, -0.05) is 12.1 Å². The van der Waals surface area contributed by atoms with Gasteiger partial charge in [0.25, 0.3) is 15.9 Å². The fourth-order valence-electron chi connectivity index (χ4n) is 3.25. The zero-order valence-corrected chi connectivity index (χ0v) is 20.7. The highest BCUT2D eigenvalue weighted by molar-refractivity contribution is 7.92. The molecule has 0 unspecified atom stereocenters. The SMILES string of the molecule is CCOc1cc(NS(=O)(=O)c2ccc(NC(C)=O)cc2)c(OCC)cc1NC(=O)c1ccccc1F. The minimum Gasteiger partial charge on any atom is -0.492 e. The van der Waals surface area contributed by atoms with Crippen LogP contribution in [0.3, 0.4) is 0 Å². The Morgan fingerprint density at radius 2 is 1.44 bits per heavy atom. The first-order chi connectivity index (χ1) is 17.1. The first-order valence-electron chi connectivity index (χ1n) is 11.0. The summed E-state index contributed by atoms with van der Waals surface area (Å²) in [7, 11) is -4.05. The molecule has 0 radical (unpaired) electrons. The molecule has 3 aromatic rings. The fraction of sp³-hybridized carbons (Fsp3) is 0.200. The van der Waals surface area contributed by atoms with Crippen LogP contribution in [-0.4, -0.2) is 33.4 Å². The van der Waals surface area contributed by atoms with Crippen molar-refractivity contribution in [2.75, 3.05) is 28.6 Å². The monoisotopic (exact) mass is 515 g/mol. The number of carbonyl (C=O) groups excluding carboxylic acids is 2. The molecule has 3 aromatic carbocycles. The van der Waals surface area contributed by atoms with Gasteiger partial charge in [-0.3, -0.25) is 14.3 Å². The Morgan fingerprint density at radius 1 is 0.861 bits per heavy atom. The predicted octanol–water partition coefficient (Wildman–Crippen LogP) is 4.63. The van der Waals surface area contributed by atoms with Crippen LogP contribution < -0.4 is 24.8 Å². The maximum atomic E-state index is 14.1. The Bertz CT molecular complexity index is 1360. The molecular formula is C25H26FN3O6S. The van der Waals surface area contributed by atoms with E-state index in [1.165, 1.54) is 67.6 Å². The molecule has 0 heterocycles. The molecule has 9 nitrogen and oxygen atoms in total. The summed E-state index contributed by atoms with van der Waals surface area (Å²) in [5, 5.41) is 5.17. The number of sulfonamides is 1. The highest BCUT2D eigenvalue weighted by Gasteiger charge is 2.21. The molecule has 0 spiro atoms. The molecule has 0 aromatic heterocycles. The Labute approximate surface area is 208 Å². The van der Waals surface area contributed by atoms with Crippen molar-refractivity contribution < 1.29 is 31.9 Å². The number of rotatable bonds is 10. The van der Waals surface area contributed by atoms with Crippen molar-refractivity contribution >= 4 is 38.9 Å². The lowest BCUT2D eigenvalue weighted by atomic mass is 10.2. The minimum absolute atomic E-state index is 0.0473. The van der Waals surface area contributed by atoms with Crippen LogP contribution in [0.15, 0.2) is 65.6 Å². The number of ether oxygens (including phenoxy) is 2. The summed E-state index contributed by atoms with van der Waals surface area (Å²) < 4.78 is 53.9. The molecule has 36 heavy (non-hydrogen) atoms. The van der Waals surface area contributed by atoms with E-state index >= 15 is 0 Å². The summed E-state index contributed by atoms with van der Waals surface area (Å²) >= 11 is 0. The van der Waals surface area contributed by atoms with Crippen LogP contribution in [0.4, 0.5) is 21.5 Å². The Balaban J connectivity index is 1.95. The van der Waals surface area contributed by atoms with Crippen molar-refractivity contribution in [2.45, 2.75) is 25.7 Å². The van der Waals surface area contributed by atoms with E-state index in [2.05, 4.69) is 15.4 Å². The van der Waals surface area contributed by atoms with Gasteiger partial charge in [0.05, 0.1) is 35.0 Å². The van der Waals surface area contributed by atoms with Crippen LogP contribution in [0.5, 0.6) is 11.5 Å². The number of carbonyl (C=O) groups is 2. The molecule has 11 heteroatoms. The smallest absolute Gasteiger partial charge is 0.262 e. The minimum atomic E-state index is -4.05. The first-order valence-corrected chi connectivity index (χ1v) is 12.5. The van der Waals surface area contributed by atoms with Crippen molar-refractivity contribution in [3.63, 3.8) is 0 Å². The summed E-state index contributed by atoms with van der Waals surface area (Å²) in [6.45, 7) is 5.20. The highest BCUT2D eigenvalue weighted by atomic mass is 32.2. The number of hydrogen-bond donors (Lipinski definition) is 3. The second-order valence-corrected chi connectivity index (χ2v) is 9.14. The molecule has 0 fully saturated rings. The molecular weight excluding hydrogens is 489 g/mol. The number of anilines is 3. The molecule has 0 saturated carbocycles. The van der Waals surface area contributed by atoms with E-state index < -0.39 is 21.7 Å². The van der Waals surface area contributed by atoms with Gasteiger partial charge in [0.15, 0.2) is 0 Å². The summed E-state index contributed by atoms with van der Waals surface area (Å²) in [5.41, 5.74) is 0.543. The van der Waals surface area contributed by atoms with E-state index in [-0.39, 0.29) is 52.5 Å². The first kappa shape index (κ1) is 26.5. The summed E-state index contributed by atoms with van der Waals surface area (Å²) in [6, 6.07) is 13.9. The summed E-state index contributed by atoms with van der Waals surface area (Å²) in [5.74, 6) is -1.39. The van der Waals surface area contributed by atoms with Gasteiger partial charge in [0, 0.05) is 24.7 Å². The molecule has 3 rings (SSSR count). The van der Waals surface area contributed by atoms with Crippen molar-refractivity contribution in [2.24, 2.45) is 0 Å². The topological polar surface area (TPSA) is 123 Å². The summed E-state index contributed by atoms with van der Waals surface area (Å²) in [6.07, 6.45) is 0. The van der Waals surface area contributed by atoms with Crippen LogP contribution in [0, 0.1) is 5.82 Å². The van der Waals surface area contributed by atoms with Gasteiger partial charge in [-0.2, -0.15) is 0 Å². The van der Waals surface area contributed by atoms with Crippen molar-refractivity contribution in [1.82, 2.24) is 0 Å². The van der Waals surface area contributed by atoms with Gasteiger partial charge in [0.2, 0.25) is 5.91 Å². The van der Waals surface area contributed by atoms with Crippen LogP contribution in [0.25, 0.3) is 0 Å². The molecule has 2 amide bonds. The largest absolute Gasteiger partial charge is 0.492 e. The van der Waals surface area contributed by atoms with E-state index in [4.69, 9.17) is 9.47 Å². The third kappa shape index (κ3) is 6.51. The lowest BCUT2D eigenvalue weighted by Gasteiger charge is -2.18. The fourth-order valence-corrected chi connectivity index (χ4v) is 4.31. The second kappa shape index (κ2) is 11.5. The molecule has 0 bridgehead atoms. The molecule has 0 aliphatic rings. The number of amides is 2. The van der Waals surface area contributed by atoms with Crippen LogP contribution >= 0.6 is 0 Å². The predicted molar refractivity (Wildman–Crippen MR) is 135 cm³/mol. The van der Waals surface area contributed by atoms with E-state index in [9.17, 15) is 22.4 Å². The lowest BCUT2D eigenvalue weighted by molar-refractivity contribution is -0.114. The van der Waals surface area contributed by atoms with Gasteiger partial charge in [-0.25, -0.2) is 12.8 Å². The molecule has 0 atom stereocenters. The van der Waals surface area contributed by atoms with Gasteiger partial charge in [-0.05, 0) is 50.2 Å². The van der Waals surface area contributed by atoms with Crippen molar-refractivity contribution in [1.29, 1.82) is 0 Å². The molecule has 0 aliphatic heterocycles. The Morgan fingerprint density at radius 3 is 2.03 bits per heavy atom. The van der Waals surface area contributed by atoms with E-state index in [1.54, 1.807) is 13.8 Å². The van der Waals surface area contributed by atoms with Crippen LogP contribution in [-0.2, 0) is 14.8 Å². The maximum Gasteiger partial charge on any atom is 0.262 e. The van der Waals surface area contributed by atoms with Gasteiger partial charge >= 0.3 is 0 Å². The molecule has 0 aliphatic carbocycles. The van der Waals surface area contributed by atoms with Crippen molar-refractivity contribution in [3.05, 3.63) is 72.0 Å². The van der Waals surface area contributed by atoms with Crippen LogP contribution in [0.1, 0.15) is 31.1 Å². The normalized spacial score (nSPS) is 10.9.